The van der Waals surface area contributed by atoms with Crippen molar-refractivity contribution in [3.8, 4) is 0 Å². The fourth-order valence-corrected chi connectivity index (χ4v) is 0.396. The van der Waals surface area contributed by atoms with Crippen LogP contribution in [0.2, 0.25) is 0 Å². The second-order valence-electron chi connectivity index (χ2n) is 1.25. The molecule has 0 saturated heterocycles. The van der Waals surface area contributed by atoms with Crippen molar-refractivity contribution in [3.63, 3.8) is 0 Å². The Morgan fingerprint density at radius 2 is 2.30 bits per heavy atom. The van der Waals surface area contributed by atoms with E-state index in [0.717, 1.165) is 13.2 Å². The highest BCUT2D eigenvalue weighted by molar-refractivity contribution is 9.11. The molecule has 0 spiro atoms. The molecule has 0 aromatic heterocycles. The number of halogens is 1. The molecule has 0 fully saturated rings. The minimum atomic E-state index is -0.761. The van der Waals surface area contributed by atoms with Gasteiger partial charge in [0.05, 0.1) is 12.0 Å². The average Bonchev–Trinajstić information content (AvgIpc) is 1.87. The van der Waals surface area contributed by atoms with Crippen LogP contribution in [0.4, 0.5) is 0 Å². The van der Waals surface area contributed by atoms with Crippen LogP contribution < -0.4 is 0 Å². The van der Waals surface area contributed by atoms with Crippen molar-refractivity contribution in [1.82, 2.24) is 0 Å². The van der Waals surface area contributed by atoms with Gasteiger partial charge in [-0.1, -0.05) is 0 Å². The Bertz CT molecular complexity index is 188. The number of rotatable bonds is 2. The van der Waals surface area contributed by atoms with Crippen molar-refractivity contribution in [2.45, 2.75) is 0 Å². The van der Waals surface area contributed by atoms with Gasteiger partial charge in [-0.3, -0.25) is 10.1 Å². The van der Waals surface area contributed by atoms with Gasteiger partial charge in [0.1, 0.15) is 6.08 Å². The summed E-state index contributed by atoms with van der Waals surface area (Å²) < 4.78 is 3.70. The number of esters is 1. The van der Waals surface area contributed by atoms with E-state index in [4.69, 9.17) is 0 Å². The lowest BCUT2D eigenvalue weighted by atomic mass is 10.6. The molecular formula is C4H4BrNO4. The topological polar surface area (TPSA) is 69.4 Å². The number of hydrogen-bond donors (Lipinski definition) is 0. The maximum absolute atomic E-state index is 10.3. The van der Waals surface area contributed by atoms with Crippen LogP contribution in [0.15, 0.2) is 10.7 Å². The van der Waals surface area contributed by atoms with Gasteiger partial charge in [-0.25, -0.2) is 4.79 Å². The Morgan fingerprint density at radius 1 is 1.80 bits per heavy atom. The molecule has 0 aromatic carbocycles. The number of methoxy groups -OCH3 is 1. The van der Waals surface area contributed by atoms with E-state index in [0.29, 0.717) is 0 Å². The van der Waals surface area contributed by atoms with Crippen LogP contribution in [0.1, 0.15) is 0 Å². The van der Waals surface area contributed by atoms with Gasteiger partial charge in [-0.2, -0.15) is 0 Å². The molecule has 0 atom stereocenters. The summed E-state index contributed by atoms with van der Waals surface area (Å²) in [5, 5.41) is 9.83. The zero-order valence-electron chi connectivity index (χ0n) is 5.04. The molecule has 0 N–H and O–H groups in total. The first-order valence-corrected chi connectivity index (χ1v) is 2.96. The zero-order chi connectivity index (χ0) is 8.15. The third-order valence-corrected chi connectivity index (χ3v) is 1.13. The van der Waals surface area contributed by atoms with E-state index in [1.807, 2.05) is 0 Å². The van der Waals surface area contributed by atoms with Crippen LogP contribution in [0.25, 0.3) is 0 Å². The Labute approximate surface area is 64.9 Å². The van der Waals surface area contributed by atoms with Crippen LogP contribution in [-0.2, 0) is 9.53 Å². The maximum atomic E-state index is 10.3. The molecule has 0 radical (unpaired) electrons. The maximum Gasteiger partial charge on any atom is 0.338 e. The Balaban J connectivity index is 4.16. The van der Waals surface area contributed by atoms with Crippen LogP contribution in [0, 0.1) is 10.1 Å². The van der Waals surface area contributed by atoms with Crippen molar-refractivity contribution in [1.29, 1.82) is 0 Å². The van der Waals surface area contributed by atoms with Crippen LogP contribution >= 0.6 is 15.9 Å². The fourth-order valence-electron chi connectivity index (χ4n) is 0.209. The van der Waals surface area contributed by atoms with Gasteiger partial charge < -0.3 is 4.74 Å². The quantitative estimate of drug-likeness (QED) is 0.221. The van der Waals surface area contributed by atoms with E-state index in [1.165, 1.54) is 0 Å². The number of carbonyl (C=O) groups excluding carboxylic acids is 1. The second kappa shape index (κ2) is 3.99. The van der Waals surface area contributed by atoms with Crippen molar-refractivity contribution < 1.29 is 14.5 Å². The lowest BCUT2D eigenvalue weighted by Gasteiger charge is -1.87. The largest absolute Gasteiger partial charge is 0.466 e. The molecule has 0 aromatic rings. The smallest absolute Gasteiger partial charge is 0.338 e. The van der Waals surface area contributed by atoms with E-state index in [1.54, 1.807) is 0 Å². The molecule has 0 aliphatic carbocycles. The molecular weight excluding hydrogens is 206 g/mol. The van der Waals surface area contributed by atoms with Gasteiger partial charge in [0.15, 0.2) is 0 Å². The third-order valence-electron chi connectivity index (χ3n) is 0.613. The summed E-state index contributed by atoms with van der Waals surface area (Å²) in [5.74, 6) is -0.761. The molecule has 0 aliphatic heterocycles. The van der Waals surface area contributed by atoms with Gasteiger partial charge in [-0.15, -0.1) is 0 Å². The molecule has 0 rings (SSSR count). The summed E-state index contributed by atoms with van der Waals surface area (Å²) in [6.07, 6.45) is 0.736. The van der Waals surface area contributed by atoms with E-state index in [2.05, 4.69) is 20.7 Å². The second-order valence-corrected chi connectivity index (χ2v) is 2.06. The SMILES string of the molecule is COC(=O)/C=C(\Br)[N+](=O)[O-]. The monoisotopic (exact) mass is 209 g/mol. The summed E-state index contributed by atoms with van der Waals surface area (Å²) in [5.41, 5.74) is 0. The van der Waals surface area contributed by atoms with Gasteiger partial charge in [-0.05, 0) is 0 Å². The lowest BCUT2D eigenvalue weighted by molar-refractivity contribution is -0.408. The van der Waals surface area contributed by atoms with Crippen molar-refractivity contribution in [2.75, 3.05) is 7.11 Å². The van der Waals surface area contributed by atoms with Gasteiger partial charge >= 0.3 is 10.6 Å². The normalized spacial score (nSPS) is 10.8. The summed E-state index contributed by atoms with van der Waals surface area (Å²) in [7, 11) is 1.14. The summed E-state index contributed by atoms with van der Waals surface area (Å²) in [6.45, 7) is 0. The van der Waals surface area contributed by atoms with Crippen LogP contribution in [0.5, 0.6) is 0 Å². The van der Waals surface area contributed by atoms with Crippen LogP contribution in [0.3, 0.4) is 0 Å². The van der Waals surface area contributed by atoms with Gasteiger partial charge in [0, 0.05) is 15.9 Å². The van der Waals surface area contributed by atoms with Crippen molar-refractivity contribution in [3.05, 3.63) is 20.8 Å². The zero-order valence-corrected chi connectivity index (χ0v) is 6.62. The molecule has 6 heteroatoms. The molecule has 0 aliphatic rings. The molecule has 56 valence electrons. The number of nitro groups is 1. The first kappa shape index (κ1) is 9.09. The number of nitrogens with zero attached hydrogens (tertiary/aromatic N) is 1. The van der Waals surface area contributed by atoms with Crippen LogP contribution in [-0.4, -0.2) is 18.0 Å². The van der Waals surface area contributed by atoms with E-state index in [9.17, 15) is 14.9 Å². The van der Waals surface area contributed by atoms with Gasteiger partial charge in [0.25, 0.3) is 0 Å². The summed E-state index contributed by atoms with van der Waals surface area (Å²) in [6, 6.07) is 0. The average molecular weight is 210 g/mol. The standard InChI is InChI=1S/C4H4BrNO4/c1-10-4(7)2-3(5)6(8)9/h2H,1H3/b3-2+. The molecule has 0 amide bonds. The molecule has 5 nitrogen and oxygen atoms in total. The van der Waals surface area contributed by atoms with Crippen molar-refractivity contribution in [2.24, 2.45) is 0 Å². The Morgan fingerprint density at radius 3 is 2.60 bits per heavy atom. The molecule has 0 unspecified atom stereocenters. The highest BCUT2D eigenvalue weighted by Crippen LogP contribution is 2.04. The lowest BCUT2D eigenvalue weighted by Crippen LogP contribution is -1.99. The summed E-state index contributed by atoms with van der Waals surface area (Å²) >= 11 is 2.54. The number of carbonyl (C=O) groups is 1. The number of ether oxygens (including phenoxy) is 1. The molecule has 0 heterocycles. The van der Waals surface area contributed by atoms with Crippen molar-refractivity contribution >= 4 is 21.9 Å². The van der Waals surface area contributed by atoms with Gasteiger partial charge in [0.2, 0.25) is 0 Å². The summed E-state index contributed by atoms with van der Waals surface area (Å²) in [4.78, 5) is 19.4. The minimum absolute atomic E-state index is 0.417. The first-order chi connectivity index (χ1) is 4.57. The minimum Gasteiger partial charge on any atom is -0.466 e. The van der Waals surface area contributed by atoms with E-state index >= 15 is 0 Å². The Kier molecular flexibility index (Phi) is 3.63. The predicted octanol–water partition coefficient (Wildman–Crippen LogP) is 0.672. The highest BCUT2D eigenvalue weighted by Gasteiger charge is 2.07. The first-order valence-electron chi connectivity index (χ1n) is 2.17. The predicted molar refractivity (Wildman–Crippen MR) is 36.0 cm³/mol. The molecule has 0 bridgehead atoms. The highest BCUT2D eigenvalue weighted by atomic mass is 79.9. The number of hydrogen-bond acceptors (Lipinski definition) is 4. The third kappa shape index (κ3) is 3.18. The van der Waals surface area contributed by atoms with E-state index < -0.39 is 15.5 Å². The molecule has 0 saturated carbocycles. The fraction of sp³-hybridized carbons (Fsp3) is 0.250. The van der Waals surface area contributed by atoms with E-state index in [-0.39, 0.29) is 0 Å². The molecule has 10 heavy (non-hydrogen) atoms. The Hall–Kier alpha value is -0.910.